The van der Waals surface area contributed by atoms with Crippen LogP contribution in [0.25, 0.3) is 0 Å². The molecule has 49 heavy (non-hydrogen) atoms. The normalized spacial score (nSPS) is 13.0. The van der Waals surface area contributed by atoms with Crippen LogP contribution in [0.5, 0.6) is 5.75 Å². The summed E-state index contributed by atoms with van der Waals surface area (Å²) < 4.78 is 22.6. The van der Waals surface area contributed by atoms with E-state index in [1.807, 2.05) is 48.5 Å². The summed E-state index contributed by atoms with van der Waals surface area (Å²) in [5.41, 5.74) is 1.52. The van der Waals surface area contributed by atoms with Crippen LogP contribution in [-0.2, 0) is 36.8 Å². The molecule has 0 spiro atoms. The summed E-state index contributed by atoms with van der Waals surface area (Å²) in [6, 6.07) is 14.5. The van der Waals surface area contributed by atoms with Gasteiger partial charge in [0, 0.05) is 19.0 Å². The lowest BCUT2D eigenvalue weighted by Gasteiger charge is -2.37. The molecular weight excluding hydrogens is 643 g/mol. The quantitative estimate of drug-likeness (QED) is 0.0700. The number of alkyl carbamates (subject to hydrolysis) is 2. The van der Waals surface area contributed by atoms with Crippen LogP contribution < -0.4 is 20.4 Å². The molecule has 3 N–H and O–H groups in total. The van der Waals surface area contributed by atoms with Gasteiger partial charge in [0.15, 0.2) is 0 Å². The monoisotopic (exact) mass is 699 g/mol. The third kappa shape index (κ3) is 15.4. The first-order chi connectivity index (χ1) is 22.8. The molecule has 0 heterocycles. The van der Waals surface area contributed by atoms with Crippen LogP contribution in [0.4, 0.5) is 15.3 Å². The molecule has 0 saturated heterocycles. The van der Waals surface area contributed by atoms with E-state index >= 15 is 0 Å². The van der Waals surface area contributed by atoms with E-state index in [-0.39, 0.29) is 43.1 Å². The van der Waals surface area contributed by atoms with Gasteiger partial charge in [0.25, 0.3) is 8.32 Å². The smallest absolute Gasteiger partial charge is 0.407 e. The Hall–Kier alpha value is -4.06. The van der Waals surface area contributed by atoms with Gasteiger partial charge < -0.3 is 34.6 Å². The summed E-state index contributed by atoms with van der Waals surface area (Å²) in [5, 5.41) is 8.53. The highest BCUT2D eigenvalue weighted by molar-refractivity contribution is 6.74. The lowest BCUT2D eigenvalue weighted by atomic mass is 9.96. The summed E-state index contributed by atoms with van der Waals surface area (Å²) in [6.07, 6.45) is 0.108. The standard InChI is InChI=1S/C37H57N3O8Si/c1-11-45-33(42)26(2)22-29(39-35(44)47-36(3,4)5)23-28-19-20-31(48-49(9,10)37(6,7)8)30(24-28)40-32(41)18-15-21-38-34(43)46-25-27-16-13-12-14-17-27/h12-14,16-17,19-20,24,26,29H,11,15,18,21-23,25H2,1-10H3,(H,38,43)(H,39,44)(H,40,41)/t26-,29-/m1/s1. The van der Waals surface area contributed by atoms with E-state index in [0.717, 1.165) is 11.1 Å². The lowest BCUT2D eigenvalue weighted by molar-refractivity contribution is -0.147. The topological polar surface area (TPSA) is 141 Å². The molecule has 2 aromatic rings. The number of carbonyl (C=O) groups excluding carboxylic acids is 4. The minimum Gasteiger partial charge on any atom is -0.542 e. The van der Waals surface area contributed by atoms with Gasteiger partial charge in [0.2, 0.25) is 5.91 Å². The number of carbonyl (C=O) groups is 4. The van der Waals surface area contributed by atoms with Crippen molar-refractivity contribution in [1.29, 1.82) is 0 Å². The van der Waals surface area contributed by atoms with Gasteiger partial charge in [-0.15, -0.1) is 0 Å². The average Bonchev–Trinajstić information content (AvgIpc) is 2.98. The van der Waals surface area contributed by atoms with Crippen LogP contribution >= 0.6 is 0 Å². The Morgan fingerprint density at radius 3 is 2.16 bits per heavy atom. The van der Waals surface area contributed by atoms with Crippen LogP contribution in [0.1, 0.15) is 85.8 Å². The zero-order valence-corrected chi connectivity index (χ0v) is 32.0. The zero-order chi connectivity index (χ0) is 36.8. The van der Waals surface area contributed by atoms with Gasteiger partial charge in [0.05, 0.1) is 18.2 Å². The predicted octanol–water partition coefficient (Wildman–Crippen LogP) is 7.74. The number of amides is 3. The molecule has 0 saturated carbocycles. The molecule has 0 fully saturated rings. The Labute approximate surface area is 293 Å². The van der Waals surface area contributed by atoms with Gasteiger partial charge in [-0.3, -0.25) is 9.59 Å². The third-order valence-corrected chi connectivity index (χ3v) is 12.4. The van der Waals surface area contributed by atoms with Crippen LogP contribution in [-0.4, -0.2) is 57.2 Å². The fourth-order valence-corrected chi connectivity index (χ4v) is 5.54. The molecule has 3 amide bonds. The minimum atomic E-state index is -2.28. The number of hydrogen-bond donors (Lipinski definition) is 3. The first-order valence-corrected chi connectivity index (χ1v) is 19.9. The number of esters is 1. The number of rotatable bonds is 16. The van der Waals surface area contributed by atoms with Crippen molar-refractivity contribution in [2.45, 2.75) is 117 Å². The van der Waals surface area contributed by atoms with E-state index in [1.165, 1.54) is 0 Å². The van der Waals surface area contributed by atoms with E-state index in [9.17, 15) is 19.2 Å². The molecule has 0 aliphatic heterocycles. The number of benzene rings is 2. The highest BCUT2D eigenvalue weighted by Crippen LogP contribution is 2.39. The minimum absolute atomic E-state index is 0.0839. The van der Waals surface area contributed by atoms with Gasteiger partial charge >= 0.3 is 18.2 Å². The average molecular weight is 700 g/mol. The molecule has 0 radical (unpaired) electrons. The number of nitrogens with one attached hydrogen (secondary N) is 3. The Kier molecular flexibility index (Phi) is 15.6. The molecular formula is C37H57N3O8Si. The third-order valence-electron chi connectivity index (χ3n) is 8.08. The largest absolute Gasteiger partial charge is 0.542 e. The van der Waals surface area contributed by atoms with Gasteiger partial charge in [-0.2, -0.15) is 0 Å². The van der Waals surface area contributed by atoms with Crippen LogP contribution in [0.3, 0.4) is 0 Å². The van der Waals surface area contributed by atoms with E-state index in [2.05, 4.69) is 49.8 Å². The Morgan fingerprint density at radius 1 is 0.878 bits per heavy atom. The molecule has 11 nitrogen and oxygen atoms in total. The fourth-order valence-electron chi connectivity index (χ4n) is 4.50. The van der Waals surface area contributed by atoms with Crippen molar-refractivity contribution in [3.05, 3.63) is 59.7 Å². The predicted molar refractivity (Wildman–Crippen MR) is 194 cm³/mol. The molecule has 2 aromatic carbocycles. The summed E-state index contributed by atoms with van der Waals surface area (Å²) in [6.45, 7) is 20.3. The molecule has 12 heteroatoms. The molecule has 0 unspecified atom stereocenters. The summed E-state index contributed by atoms with van der Waals surface area (Å²) in [4.78, 5) is 50.5. The van der Waals surface area contributed by atoms with Crippen molar-refractivity contribution in [1.82, 2.24) is 10.6 Å². The highest BCUT2D eigenvalue weighted by atomic mass is 28.4. The van der Waals surface area contributed by atoms with Crippen LogP contribution in [0, 0.1) is 5.92 Å². The second-order valence-corrected chi connectivity index (χ2v) is 19.5. The van der Waals surface area contributed by atoms with Crippen LogP contribution in [0.2, 0.25) is 18.1 Å². The maximum absolute atomic E-state index is 13.2. The number of ether oxygens (including phenoxy) is 3. The van der Waals surface area contributed by atoms with Crippen LogP contribution in [0.15, 0.2) is 48.5 Å². The zero-order valence-electron chi connectivity index (χ0n) is 31.0. The lowest BCUT2D eigenvalue weighted by Crippen LogP contribution is -2.44. The Morgan fingerprint density at radius 2 is 1.55 bits per heavy atom. The molecule has 2 rings (SSSR count). The highest BCUT2D eigenvalue weighted by Gasteiger charge is 2.39. The maximum Gasteiger partial charge on any atom is 0.407 e. The molecule has 0 bridgehead atoms. The summed E-state index contributed by atoms with van der Waals surface area (Å²) in [5.74, 6) is -0.494. The second-order valence-electron chi connectivity index (χ2n) is 14.8. The van der Waals surface area contributed by atoms with E-state index < -0.39 is 38.1 Å². The van der Waals surface area contributed by atoms with Gasteiger partial charge in [-0.25, -0.2) is 9.59 Å². The van der Waals surface area contributed by atoms with Crippen molar-refractivity contribution in [3.8, 4) is 5.75 Å². The Bertz CT molecular complexity index is 1390. The first kappa shape index (κ1) is 41.1. The Balaban J connectivity index is 2.19. The van der Waals surface area contributed by atoms with E-state index in [0.29, 0.717) is 30.7 Å². The maximum atomic E-state index is 13.2. The second kappa shape index (κ2) is 18.6. The summed E-state index contributed by atoms with van der Waals surface area (Å²) in [7, 11) is -2.28. The molecule has 0 aromatic heterocycles. The fraction of sp³-hybridized carbons (Fsp3) is 0.568. The first-order valence-electron chi connectivity index (χ1n) is 17.0. The SMILES string of the molecule is CCOC(=O)[C@H](C)C[C@H](Cc1ccc(O[Si](C)(C)C(C)(C)C)c(NC(=O)CCCNC(=O)OCc2ccccc2)c1)NC(=O)OC(C)(C)C. The van der Waals surface area contributed by atoms with Crippen molar-refractivity contribution in [2.75, 3.05) is 18.5 Å². The van der Waals surface area contributed by atoms with Gasteiger partial charge in [-0.1, -0.05) is 64.1 Å². The van der Waals surface area contributed by atoms with Crippen molar-refractivity contribution in [3.63, 3.8) is 0 Å². The molecule has 2 atom stereocenters. The molecule has 0 aliphatic rings. The molecule has 272 valence electrons. The van der Waals surface area contributed by atoms with Gasteiger partial charge in [0.1, 0.15) is 18.0 Å². The van der Waals surface area contributed by atoms with Gasteiger partial charge in [-0.05, 0) is 88.3 Å². The van der Waals surface area contributed by atoms with Crippen molar-refractivity contribution in [2.24, 2.45) is 5.92 Å². The van der Waals surface area contributed by atoms with Crippen molar-refractivity contribution >= 4 is 38.1 Å². The number of hydrogen-bond acceptors (Lipinski definition) is 8. The van der Waals surface area contributed by atoms with E-state index in [4.69, 9.17) is 18.6 Å². The molecule has 0 aliphatic carbocycles. The van der Waals surface area contributed by atoms with E-state index in [1.54, 1.807) is 34.6 Å². The number of anilines is 1. The summed E-state index contributed by atoms with van der Waals surface area (Å²) >= 11 is 0. The van der Waals surface area contributed by atoms with Crippen molar-refractivity contribution < 1.29 is 37.8 Å².